The number of aliphatic hydroxyl groups excluding tert-OH is 1. The number of hydrogen-bond acceptors (Lipinski definition) is 6. The van der Waals surface area contributed by atoms with Gasteiger partial charge in [-0.05, 0) is 18.9 Å². The maximum absolute atomic E-state index is 12.2. The summed E-state index contributed by atoms with van der Waals surface area (Å²) in [6.07, 6.45) is 3.14. The second kappa shape index (κ2) is 5.83. The molecular formula is C11H16N2O5S. The van der Waals surface area contributed by atoms with Crippen molar-refractivity contribution >= 4 is 10.0 Å². The lowest BCUT2D eigenvalue weighted by Gasteiger charge is -2.31. The van der Waals surface area contributed by atoms with Crippen LogP contribution in [0.1, 0.15) is 12.8 Å². The zero-order valence-corrected chi connectivity index (χ0v) is 11.3. The van der Waals surface area contributed by atoms with Gasteiger partial charge in [-0.2, -0.15) is 0 Å². The Hall–Kier alpha value is -1.22. The maximum atomic E-state index is 12.2. The highest BCUT2D eigenvalue weighted by Crippen LogP contribution is 2.26. The van der Waals surface area contributed by atoms with Crippen LogP contribution in [0.4, 0.5) is 0 Å². The quantitative estimate of drug-likeness (QED) is 0.707. The first-order valence-electron chi connectivity index (χ1n) is 5.79. The molecule has 0 amide bonds. The van der Waals surface area contributed by atoms with E-state index in [0.29, 0.717) is 12.8 Å². The summed E-state index contributed by atoms with van der Waals surface area (Å²) in [7, 11) is -2.24. The number of methoxy groups -OCH3 is 1. The molecule has 0 aliphatic heterocycles. The normalized spacial score (nSPS) is 22.8. The molecule has 8 heteroatoms. The number of pyridine rings is 1. The lowest BCUT2D eigenvalue weighted by atomic mass is 9.91. The zero-order chi connectivity index (χ0) is 13.9. The van der Waals surface area contributed by atoms with Crippen molar-refractivity contribution < 1.29 is 23.0 Å². The van der Waals surface area contributed by atoms with Gasteiger partial charge in [-0.15, -0.1) is 0 Å². The molecule has 2 N–H and O–H groups in total. The van der Waals surface area contributed by atoms with E-state index < -0.39 is 16.1 Å². The Balaban J connectivity index is 2.15. The van der Waals surface area contributed by atoms with E-state index in [2.05, 4.69) is 9.71 Å². The number of ether oxygens (including phenoxy) is 2. The third-order valence-electron chi connectivity index (χ3n) is 2.80. The molecule has 7 nitrogen and oxygen atoms in total. The van der Waals surface area contributed by atoms with Gasteiger partial charge < -0.3 is 14.6 Å². The number of hydrogen-bond donors (Lipinski definition) is 2. The topological polar surface area (TPSA) is 97.8 Å². The summed E-state index contributed by atoms with van der Waals surface area (Å²) in [6.45, 7) is -0.0592. The van der Waals surface area contributed by atoms with Gasteiger partial charge in [-0.3, -0.25) is 4.98 Å². The fraction of sp³-hybridized carbons (Fsp3) is 0.545. The molecule has 0 atom stereocenters. The van der Waals surface area contributed by atoms with Crippen LogP contribution in [0.2, 0.25) is 0 Å². The van der Waals surface area contributed by atoms with Crippen molar-refractivity contribution in [2.45, 2.75) is 29.9 Å². The van der Waals surface area contributed by atoms with Gasteiger partial charge in [-0.25, -0.2) is 13.1 Å². The van der Waals surface area contributed by atoms with Crippen LogP contribution in [0, 0.1) is 0 Å². The van der Waals surface area contributed by atoms with Crippen LogP contribution in [0.15, 0.2) is 23.4 Å². The molecule has 1 aliphatic carbocycles. The number of rotatable bonds is 6. The largest absolute Gasteiger partial charge is 0.465 e. The lowest BCUT2D eigenvalue weighted by Crippen LogP contribution is -2.46. The fourth-order valence-electron chi connectivity index (χ4n) is 1.79. The van der Waals surface area contributed by atoms with E-state index in [1.165, 1.54) is 25.6 Å². The summed E-state index contributed by atoms with van der Waals surface area (Å²) in [6, 6.07) is 1.13. The highest BCUT2D eigenvalue weighted by Gasteiger charge is 2.32. The van der Waals surface area contributed by atoms with Crippen molar-refractivity contribution in [3.8, 4) is 5.75 Å². The van der Waals surface area contributed by atoms with Gasteiger partial charge in [0, 0.05) is 19.3 Å². The second-order valence-electron chi connectivity index (χ2n) is 4.32. The Morgan fingerprint density at radius 2 is 2.26 bits per heavy atom. The molecule has 0 unspecified atom stereocenters. The van der Waals surface area contributed by atoms with E-state index in [1.807, 2.05) is 0 Å². The van der Waals surface area contributed by atoms with E-state index in [-0.39, 0.29) is 23.5 Å². The van der Waals surface area contributed by atoms with Gasteiger partial charge in [0.05, 0.1) is 12.3 Å². The summed E-state index contributed by atoms with van der Waals surface area (Å²) in [5, 5.41) is 9.17. The molecular weight excluding hydrogens is 272 g/mol. The van der Waals surface area contributed by atoms with Crippen molar-refractivity contribution in [2.75, 3.05) is 13.9 Å². The molecule has 2 rings (SSSR count). The molecule has 1 fully saturated rings. The van der Waals surface area contributed by atoms with Crippen LogP contribution in [-0.4, -0.2) is 44.6 Å². The number of aromatic nitrogens is 1. The zero-order valence-electron chi connectivity index (χ0n) is 10.4. The van der Waals surface area contributed by atoms with Gasteiger partial charge in [0.2, 0.25) is 10.0 Å². The lowest BCUT2D eigenvalue weighted by molar-refractivity contribution is 0.0486. The van der Waals surface area contributed by atoms with Gasteiger partial charge in [0.25, 0.3) is 0 Å². The first-order valence-corrected chi connectivity index (χ1v) is 7.27. The Kier molecular flexibility index (Phi) is 4.35. The van der Waals surface area contributed by atoms with Crippen LogP contribution < -0.4 is 9.46 Å². The maximum Gasteiger partial charge on any atom is 0.244 e. The third kappa shape index (κ3) is 3.41. The second-order valence-corrected chi connectivity index (χ2v) is 6.00. The van der Waals surface area contributed by atoms with Crippen molar-refractivity contribution in [3.05, 3.63) is 18.5 Å². The minimum atomic E-state index is -3.69. The predicted octanol–water partition coefficient (Wildman–Crippen LogP) is -0.134. The van der Waals surface area contributed by atoms with Crippen LogP contribution in [0.25, 0.3) is 0 Å². The summed E-state index contributed by atoms with van der Waals surface area (Å²) in [5.41, 5.74) is 0. The molecule has 1 heterocycles. The highest BCUT2D eigenvalue weighted by atomic mass is 32.2. The van der Waals surface area contributed by atoms with E-state index in [1.54, 1.807) is 0 Å². The fourth-order valence-corrected chi connectivity index (χ4v) is 3.16. The Morgan fingerprint density at radius 1 is 1.53 bits per heavy atom. The smallest absolute Gasteiger partial charge is 0.244 e. The van der Waals surface area contributed by atoms with Crippen LogP contribution in [0.3, 0.4) is 0 Å². The molecule has 19 heavy (non-hydrogen) atoms. The molecule has 0 aromatic carbocycles. The van der Waals surface area contributed by atoms with E-state index >= 15 is 0 Å². The van der Waals surface area contributed by atoms with E-state index in [4.69, 9.17) is 9.47 Å². The third-order valence-corrected chi connectivity index (χ3v) is 4.36. The Morgan fingerprint density at radius 3 is 2.89 bits per heavy atom. The average Bonchev–Trinajstić information content (AvgIpc) is 2.34. The first kappa shape index (κ1) is 14.2. The molecule has 0 saturated heterocycles. The Labute approximate surface area is 111 Å². The SMILES string of the molecule is COCOc1cnccc1S(=O)(=O)NC1CC(O)C1. The Bertz CT molecular complexity index is 528. The van der Waals surface area contributed by atoms with Crippen molar-refractivity contribution in [3.63, 3.8) is 0 Å². The van der Waals surface area contributed by atoms with Gasteiger partial charge in [0.1, 0.15) is 4.90 Å². The molecule has 0 radical (unpaired) electrons. The molecule has 1 aromatic heterocycles. The first-order chi connectivity index (χ1) is 9.03. The molecule has 1 saturated carbocycles. The minimum absolute atomic E-state index is 0.0148. The standard InChI is InChI=1S/C11H16N2O5S/c1-17-7-18-10-6-12-3-2-11(10)19(15,16)13-8-4-9(14)5-8/h2-3,6,8-9,13-14H,4-5,7H2,1H3. The predicted molar refractivity (Wildman–Crippen MR) is 66.1 cm³/mol. The van der Waals surface area contributed by atoms with Crippen LogP contribution in [-0.2, 0) is 14.8 Å². The van der Waals surface area contributed by atoms with E-state index in [9.17, 15) is 13.5 Å². The summed E-state index contributed by atoms with van der Waals surface area (Å²) < 4.78 is 36.8. The van der Waals surface area contributed by atoms with Crippen molar-refractivity contribution in [1.82, 2.24) is 9.71 Å². The molecule has 106 valence electrons. The average molecular weight is 288 g/mol. The highest BCUT2D eigenvalue weighted by molar-refractivity contribution is 7.89. The number of nitrogens with zero attached hydrogens (tertiary/aromatic N) is 1. The van der Waals surface area contributed by atoms with Crippen molar-refractivity contribution in [2.24, 2.45) is 0 Å². The molecule has 1 aromatic rings. The monoisotopic (exact) mass is 288 g/mol. The van der Waals surface area contributed by atoms with Gasteiger partial charge in [-0.1, -0.05) is 0 Å². The molecule has 1 aliphatic rings. The number of nitrogens with one attached hydrogen (secondary N) is 1. The summed E-state index contributed by atoms with van der Waals surface area (Å²) in [5.74, 6) is 0.136. The van der Waals surface area contributed by atoms with Gasteiger partial charge >= 0.3 is 0 Å². The van der Waals surface area contributed by atoms with Crippen LogP contribution in [0.5, 0.6) is 5.75 Å². The summed E-state index contributed by atoms with van der Waals surface area (Å²) >= 11 is 0. The number of sulfonamides is 1. The molecule has 0 bridgehead atoms. The van der Waals surface area contributed by atoms with E-state index in [0.717, 1.165) is 0 Å². The molecule has 0 spiro atoms. The number of aliphatic hydroxyl groups is 1. The van der Waals surface area contributed by atoms with Crippen molar-refractivity contribution in [1.29, 1.82) is 0 Å². The summed E-state index contributed by atoms with van der Waals surface area (Å²) in [4.78, 5) is 3.84. The minimum Gasteiger partial charge on any atom is -0.465 e. The van der Waals surface area contributed by atoms with Crippen LogP contribution >= 0.6 is 0 Å². The van der Waals surface area contributed by atoms with Gasteiger partial charge in [0.15, 0.2) is 12.5 Å².